The molecule has 0 aliphatic rings. The number of rotatable bonds is 3. The molecule has 0 N–H and O–H groups in total. The Bertz CT molecular complexity index is 492. The van der Waals surface area contributed by atoms with Crippen LogP contribution in [0, 0.1) is 0 Å². The van der Waals surface area contributed by atoms with Gasteiger partial charge >= 0.3 is 0 Å². The van der Waals surface area contributed by atoms with Crippen LogP contribution in [0.2, 0.25) is 0 Å². The molecule has 0 bridgehead atoms. The number of carbonyl (C=O) groups excluding carboxylic acids is 2. The van der Waals surface area contributed by atoms with E-state index in [4.69, 9.17) is 4.42 Å². The molecule has 15 heavy (non-hydrogen) atoms. The van der Waals surface area contributed by atoms with Gasteiger partial charge in [-0.2, -0.15) is 0 Å². The van der Waals surface area contributed by atoms with Gasteiger partial charge in [-0.05, 0) is 0 Å². The number of nitrogens with zero attached hydrogens (tertiary/aromatic N) is 3. The zero-order valence-electron chi connectivity index (χ0n) is 7.38. The van der Waals surface area contributed by atoms with E-state index in [1.165, 1.54) is 24.9 Å². The molecule has 6 heteroatoms. The molecule has 0 saturated carbocycles. The second-order valence-corrected chi connectivity index (χ2v) is 2.55. The van der Waals surface area contributed by atoms with Gasteiger partial charge in [-0.3, -0.25) is 14.6 Å². The van der Waals surface area contributed by atoms with Gasteiger partial charge in [0.2, 0.25) is 0 Å². The predicted molar refractivity (Wildman–Crippen MR) is 46.8 cm³/mol. The van der Waals surface area contributed by atoms with Crippen LogP contribution in [-0.4, -0.2) is 27.0 Å². The van der Waals surface area contributed by atoms with Crippen LogP contribution in [0.25, 0.3) is 0 Å². The van der Waals surface area contributed by atoms with Gasteiger partial charge in [0.05, 0.1) is 12.4 Å². The Morgan fingerprint density at radius 1 is 1.27 bits per heavy atom. The Hall–Kier alpha value is -2.37. The van der Waals surface area contributed by atoms with Gasteiger partial charge in [0.15, 0.2) is 5.76 Å². The average Bonchev–Trinajstić information content (AvgIpc) is 2.78. The van der Waals surface area contributed by atoms with E-state index in [0.29, 0.717) is 0 Å². The number of hydrogen-bond acceptors (Lipinski definition) is 6. The number of ketones is 1. The Kier molecular flexibility index (Phi) is 2.32. The number of carbonyl (C=O) groups is 1. The highest BCUT2D eigenvalue weighted by molar-refractivity contribution is 6.04. The van der Waals surface area contributed by atoms with Gasteiger partial charge < -0.3 is 4.42 Å². The van der Waals surface area contributed by atoms with Crippen molar-refractivity contribution in [3.8, 4) is 0 Å². The summed E-state index contributed by atoms with van der Waals surface area (Å²) >= 11 is 0. The summed E-state index contributed by atoms with van der Waals surface area (Å²) in [5.74, 6) is -0.847. The van der Waals surface area contributed by atoms with Crippen LogP contribution in [0.3, 0.4) is 0 Å². The summed E-state index contributed by atoms with van der Waals surface area (Å²) in [4.78, 5) is 32.9. The normalized spacial score (nSPS) is 9.87. The largest absolute Gasteiger partial charge is 0.430 e. The van der Waals surface area contributed by atoms with Crippen LogP contribution in [0.5, 0.6) is 0 Å². The van der Waals surface area contributed by atoms with Crippen molar-refractivity contribution < 1.29 is 14.0 Å². The molecule has 2 aromatic heterocycles. The fourth-order valence-corrected chi connectivity index (χ4v) is 0.952. The van der Waals surface area contributed by atoms with Gasteiger partial charge in [-0.15, -0.1) is 0 Å². The van der Waals surface area contributed by atoms with E-state index < -0.39 is 5.78 Å². The van der Waals surface area contributed by atoms with Crippen molar-refractivity contribution in [1.82, 2.24) is 15.0 Å². The Balaban J connectivity index is 2.32. The molecule has 0 spiro atoms. The van der Waals surface area contributed by atoms with Crippen LogP contribution in [0.15, 0.2) is 29.2 Å². The molecule has 73 valence electrons. The van der Waals surface area contributed by atoms with Crippen molar-refractivity contribution in [2.75, 3.05) is 0 Å². The molecule has 2 heterocycles. The fraction of sp³-hybridized carbons (Fsp3) is 0. The summed E-state index contributed by atoms with van der Waals surface area (Å²) in [7, 11) is 0. The molecule has 0 atom stereocenters. The Morgan fingerprint density at radius 3 is 2.73 bits per heavy atom. The van der Waals surface area contributed by atoms with E-state index in [1.54, 1.807) is 0 Å². The SMILES string of the molecule is O=[C]c1cnc(C(=O)c2cnccn2)o1. The maximum Gasteiger partial charge on any atom is 0.273 e. The molecule has 6 nitrogen and oxygen atoms in total. The third kappa shape index (κ3) is 1.78. The van der Waals surface area contributed by atoms with E-state index >= 15 is 0 Å². The smallest absolute Gasteiger partial charge is 0.273 e. The van der Waals surface area contributed by atoms with Crippen LogP contribution in [-0.2, 0) is 4.79 Å². The molecule has 0 aliphatic carbocycles. The molecule has 0 aromatic carbocycles. The Morgan fingerprint density at radius 2 is 2.13 bits per heavy atom. The van der Waals surface area contributed by atoms with Crippen molar-refractivity contribution >= 4 is 12.1 Å². The number of hydrogen-bond donors (Lipinski definition) is 0. The molecule has 1 radical (unpaired) electrons. The van der Waals surface area contributed by atoms with Gasteiger partial charge in [0.25, 0.3) is 18.0 Å². The highest BCUT2D eigenvalue weighted by atomic mass is 16.4. The molecule has 2 rings (SSSR count). The molecule has 0 aliphatic heterocycles. The maximum atomic E-state index is 11.6. The van der Waals surface area contributed by atoms with Crippen LogP contribution in [0.4, 0.5) is 0 Å². The molecule has 0 fully saturated rings. The van der Waals surface area contributed by atoms with Gasteiger partial charge in [-0.25, -0.2) is 9.97 Å². The first-order valence-electron chi connectivity index (χ1n) is 3.96. The number of aromatic nitrogens is 3. The standard InChI is InChI=1S/C9H4N3O3/c13-5-6-3-12-9(15-6)8(14)7-4-10-1-2-11-7/h1-4H. The minimum Gasteiger partial charge on any atom is -0.430 e. The lowest BCUT2D eigenvalue weighted by molar-refractivity contribution is 0.0997. The molecular weight excluding hydrogens is 198 g/mol. The highest BCUT2D eigenvalue weighted by Crippen LogP contribution is 2.06. The first-order chi connectivity index (χ1) is 7.31. The minimum absolute atomic E-state index is 0.108. The third-order valence-corrected chi connectivity index (χ3v) is 1.60. The molecule has 2 aromatic rings. The molecule has 0 saturated heterocycles. The molecule has 0 unspecified atom stereocenters. The first-order valence-corrected chi connectivity index (χ1v) is 3.96. The lowest BCUT2D eigenvalue weighted by atomic mass is 10.3. The first kappa shape index (κ1) is 9.20. The van der Waals surface area contributed by atoms with Gasteiger partial charge in [0.1, 0.15) is 5.69 Å². The second-order valence-electron chi connectivity index (χ2n) is 2.55. The zero-order valence-corrected chi connectivity index (χ0v) is 7.38. The van der Waals surface area contributed by atoms with E-state index in [-0.39, 0.29) is 17.3 Å². The quantitative estimate of drug-likeness (QED) is 0.658. The topological polar surface area (TPSA) is 86.0 Å². The zero-order chi connectivity index (χ0) is 10.7. The Labute approximate surface area is 84.0 Å². The fourth-order valence-electron chi connectivity index (χ4n) is 0.952. The summed E-state index contributed by atoms with van der Waals surface area (Å²) in [6, 6.07) is 0. The monoisotopic (exact) mass is 202 g/mol. The summed E-state index contributed by atoms with van der Waals surface area (Å²) in [5, 5.41) is 0. The summed E-state index contributed by atoms with van der Waals surface area (Å²) in [6.07, 6.45) is 6.72. The third-order valence-electron chi connectivity index (χ3n) is 1.60. The lowest BCUT2D eigenvalue weighted by Crippen LogP contribution is -2.04. The van der Waals surface area contributed by atoms with Crippen molar-refractivity contribution in [2.45, 2.75) is 0 Å². The van der Waals surface area contributed by atoms with E-state index in [9.17, 15) is 9.59 Å². The van der Waals surface area contributed by atoms with Crippen LogP contribution in [0.1, 0.15) is 22.1 Å². The predicted octanol–water partition coefficient (Wildman–Crippen LogP) is 0.153. The maximum absolute atomic E-state index is 11.6. The van der Waals surface area contributed by atoms with Gasteiger partial charge in [0, 0.05) is 12.4 Å². The van der Waals surface area contributed by atoms with Crippen LogP contribution >= 0.6 is 0 Å². The lowest BCUT2D eigenvalue weighted by Gasteiger charge is -1.92. The van der Waals surface area contributed by atoms with Gasteiger partial charge in [-0.1, -0.05) is 0 Å². The average molecular weight is 202 g/mol. The molecular formula is C9H4N3O3. The summed E-state index contributed by atoms with van der Waals surface area (Å²) < 4.78 is 4.80. The van der Waals surface area contributed by atoms with E-state index in [0.717, 1.165) is 6.20 Å². The minimum atomic E-state index is -0.524. The van der Waals surface area contributed by atoms with Crippen molar-refractivity contribution in [1.29, 1.82) is 0 Å². The molecule has 0 amide bonds. The van der Waals surface area contributed by atoms with Crippen molar-refractivity contribution in [3.05, 3.63) is 42.1 Å². The van der Waals surface area contributed by atoms with Crippen molar-refractivity contribution in [2.24, 2.45) is 0 Å². The number of oxazole rings is 1. The van der Waals surface area contributed by atoms with Crippen molar-refractivity contribution in [3.63, 3.8) is 0 Å². The van der Waals surface area contributed by atoms with Crippen LogP contribution < -0.4 is 0 Å². The summed E-state index contributed by atoms with van der Waals surface area (Å²) in [5.41, 5.74) is 0.108. The van der Waals surface area contributed by atoms with E-state index in [2.05, 4.69) is 15.0 Å². The van der Waals surface area contributed by atoms with E-state index in [1.807, 2.05) is 0 Å². The summed E-state index contributed by atoms with van der Waals surface area (Å²) in [6.45, 7) is 0. The second kappa shape index (κ2) is 3.79. The highest BCUT2D eigenvalue weighted by Gasteiger charge is 2.16.